The van der Waals surface area contributed by atoms with E-state index in [0.29, 0.717) is 16.9 Å². The Hall–Kier alpha value is -0.970. The van der Waals surface area contributed by atoms with Crippen LogP contribution < -0.4 is 5.14 Å². The SMILES string of the molecule is CC(=O)N1CCS(=O)(=O)c2sc(S(N)(=O)=O)cc2C1. The number of primary sulfonamides is 1. The number of rotatable bonds is 1. The number of hydrogen-bond acceptors (Lipinski definition) is 6. The Kier molecular flexibility index (Phi) is 3.45. The fourth-order valence-corrected chi connectivity index (χ4v) is 5.79. The van der Waals surface area contributed by atoms with Gasteiger partial charge in [-0.15, -0.1) is 11.3 Å². The van der Waals surface area contributed by atoms with E-state index < -0.39 is 19.9 Å². The summed E-state index contributed by atoms with van der Waals surface area (Å²) in [5.74, 6) is -0.476. The van der Waals surface area contributed by atoms with Gasteiger partial charge in [0.15, 0.2) is 9.84 Å². The summed E-state index contributed by atoms with van der Waals surface area (Å²) >= 11 is 0.637. The van der Waals surface area contributed by atoms with Crippen LogP contribution in [0.25, 0.3) is 0 Å². The van der Waals surface area contributed by atoms with Crippen LogP contribution >= 0.6 is 11.3 Å². The monoisotopic (exact) mass is 324 g/mol. The van der Waals surface area contributed by atoms with Crippen molar-refractivity contribution in [1.29, 1.82) is 0 Å². The van der Waals surface area contributed by atoms with E-state index in [1.807, 2.05) is 0 Å². The van der Waals surface area contributed by atoms with Crippen molar-refractivity contribution in [3.63, 3.8) is 0 Å². The van der Waals surface area contributed by atoms with Crippen LogP contribution in [-0.2, 0) is 31.2 Å². The molecule has 2 heterocycles. The fraction of sp³-hybridized carbons (Fsp3) is 0.444. The summed E-state index contributed by atoms with van der Waals surface area (Å²) < 4.78 is 46.4. The summed E-state index contributed by atoms with van der Waals surface area (Å²) in [4.78, 5) is 12.7. The molecule has 0 aromatic carbocycles. The predicted molar refractivity (Wildman–Crippen MR) is 68.8 cm³/mol. The van der Waals surface area contributed by atoms with Crippen molar-refractivity contribution >= 4 is 37.1 Å². The summed E-state index contributed by atoms with van der Waals surface area (Å²) in [5, 5.41) is 5.00. The largest absolute Gasteiger partial charge is 0.338 e. The van der Waals surface area contributed by atoms with Gasteiger partial charge in [-0.05, 0) is 6.07 Å². The van der Waals surface area contributed by atoms with Gasteiger partial charge in [0.2, 0.25) is 15.9 Å². The van der Waals surface area contributed by atoms with Crippen LogP contribution in [0.3, 0.4) is 0 Å². The summed E-state index contributed by atoms with van der Waals surface area (Å²) in [6.45, 7) is 1.52. The molecule has 7 nitrogen and oxygen atoms in total. The van der Waals surface area contributed by atoms with Crippen LogP contribution in [0.1, 0.15) is 12.5 Å². The summed E-state index contributed by atoms with van der Waals surface area (Å²) in [5.41, 5.74) is 0.307. The second-order valence-corrected chi connectivity index (χ2v) is 9.33. The second-order valence-electron chi connectivity index (χ2n) is 4.18. The van der Waals surface area contributed by atoms with E-state index >= 15 is 0 Å². The highest BCUT2D eigenvalue weighted by atomic mass is 32.3. The number of carbonyl (C=O) groups is 1. The molecule has 1 aromatic rings. The molecule has 0 bridgehead atoms. The van der Waals surface area contributed by atoms with Crippen molar-refractivity contribution in [3.8, 4) is 0 Å². The topological polar surface area (TPSA) is 115 Å². The van der Waals surface area contributed by atoms with Crippen molar-refractivity contribution in [2.24, 2.45) is 5.14 Å². The van der Waals surface area contributed by atoms with E-state index in [0.717, 1.165) is 0 Å². The van der Waals surface area contributed by atoms with Gasteiger partial charge in [0.1, 0.15) is 8.42 Å². The molecule has 2 rings (SSSR count). The van der Waals surface area contributed by atoms with E-state index in [4.69, 9.17) is 5.14 Å². The Morgan fingerprint density at radius 2 is 2.11 bits per heavy atom. The number of carbonyl (C=O) groups excluding carboxylic acids is 1. The van der Waals surface area contributed by atoms with Gasteiger partial charge >= 0.3 is 0 Å². The molecule has 0 fully saturated rings. The normalized spacial score (nSPS) is 18.7. The third-order valence-corrected chi connectivity index (χ3v) is 7.70. The zero-order valence-electron chi connectivity index (χ0n) is 9.99. The number of amides is 1. The first-order chi connectivity index (χ1) is 8.61. The summed E-state index contributed by atoms with van der Waals surface area (Å²) in [6.07, 6.45) is 0. The minimum atomic E-state index is -3.95. The average molecular weight is 324 g/mol. The molecule has 0 spiro atoms. The van der Waals surface area contributed by atoms with Crippen LogP contribution in [0, 0.1) is 0 Å². The number of nitrogens with zero attached hydrogens (tertiary/aromatic N) is 1. The lowest BCUT2D eigenvalue weighted by molar-refractivity contribution is -0.129. The molecular formula is C9H12N2O5S3. The molecule has 2 N–H and O–H groups in total. The number of sulfonamides is 1. The highest BCUT2D eigenvalue weighted by molar-refractivity contribution is 7.95. The average Bonchev–Trinajstić information content (AvgIpc) is 2.63. The molecule has 0 saturated heterocycles. The molecule has 0 atom stereocenters. The van der Waals surface area contributed by atoms with Gasteiger partial charge in [0.05, 0.1) is 5.75 Å². The maximum absolute atomic E-state index is 12.0. The van der Waals surface area contributed by atoms with E-state index in [1.165, 1.54) is 17.9 Å². The third kappa shape index (κ3) is 2.81. The summed E-state index contributed by atoms with van der Waals surface area (Å²) in [6, 6.07) is 1.23. The number of sulfone groups is 1. The molecule has 0 radical (unpaired) electrons. The van der Waals surface area contributed by atoms with Gasteiger partial charge in [-0.3, -0.25) is 4.79 Å². The standard InChI is InChI=1S/C9H12N2O5S3/c1-6(12)11-2-3-18(13,14)9-7(5-11)4-8(17-9)19(10,15)16/h4H,2-3,5H2,1H3,(H2,10,15,16). The Morgan fingerprint density at radius 1 is 1.47 bits per heavy atom. The van der Waals surface area contributed by atoms with Gasteiger partial charge < -0.3 is 4.90 Å². The van der Waals surface area contributed by atoms with E-state index in [2.05, 4.69) is 0 Å². The molecule has 0 saturated carbocycles. The molecule has 1 aliphatic heterocycles. The molecule has 19 heavy (non-hydrogen) atoms. The maximum atomic E-state index is 12.0. The van der Waals surface area contributed by atoms with Gasteiger partial charge in [-0.1, -0.05) is 0 Å². The van der Waals surface area contributed by atoms with Crippen LogP contribution in [0.15, 0.2) is 14.5 Å². The second kappa shape index (κ2) is 4.54. The van der Waals surface area contributed by atoms with Gasteiger partial charge in [-0.25, -0.2) is 22.0 Å². The van der Waals surface area contributed by atoms with Crippen molar-refractivity contribution in [2.75, 3.05) is 12.3 Å². The highest BCUT2D eigenvalue weighted by Crippen LogP contribution is 2.33. The molecule has 0 aliphatic carbocycles. The van der Waals surface area contributed by atoms with Crippen LogP contribution in [-0.4, -0.2) is 39.9 Å². The fourth-order valence-electron chi connectivity index (χ4n) is 1.78. The Bertz CT molecular complexity index is 732. The number of nitrogens with two attached hydrogens (primary N) is 1. The molecule has 106 valence electrons. The van der Waals surface area contributed by atoms with E-state index in [9.17, 15) is 21.6 Å². The van der Waals surface area contributed by atoms with E-state index in [-0.39, 0.29) is 33.2 Å². The van der Waals surface area contributed by atoms with Crippen molar-refractivity contribution in [3.05, 3.63) is 11.6 Å². The first-order valence-corrected chi connectivity index (χ1v) is 9.26. The molecule has 1 aliphatic rings. The van der Waals surface area contributed by atoms with Crippen molar-refractivity contribution in [1.82, 2.24) is 4.90 Å². The quantitative estimate of drug-likeness (QED) is 0.750. The molecule has 1 amide bonds. The molecule has 1 aromatic heterocycles. The number of hydrogen-bond donors (Lipinski definition) is 1. The lowest BCUT2D eigenvalue weighted by Crippen LogP contribution is -2.30. The predicted octanol–water partition coefficient (Wildman–Crippen LogP) is -0.469. The minimum absolute atomic E-state index is 0.0136. The lowest BCUT2D eigenvalue weighted by atomic mass is 10.3. The lowest BCUT2D eigenvalue weighted by Gasteiger charge is -2.17. The Balaban J connectivity index is 2.59. The first kappa shape index (κ1) is 14.4. The summed E-state index contributed by atoms with van der Waals surface area (Å²) in [7, 11) is -7.53. The van der Waals surface area contributed by atoms with Gasteiger partial charge in [0.25, 0.3) is 0 Å². The highest BCUT2D eigenvalue weighted by Gasteiger charge is 2.30. The molecular weight excluding hydrogens is 312 g/mol. The van der Waals surface area contributed by atoms with Crippen LogP contribution in [0.2, 0.25) is 0 Å². The number of thiophene rings is 1. The smallest absolute Gasteiger partial charge is 0.247 e. The first-order valence-electron chi connectivity index (χ1n) is 5.25. The van der Waals surface area contributed by atoms with Crippen LogP contribution in [0.4, 0.5) is 0 Å². The zero-order valence-corrected chi connectivity index (χ0v) is 12.4. The van der Waals surface area contributed by atoms with Gasteiger partial charge in [0, 0.05) is 25.6 Å². The van der Waals surface area contributed by atoms with Crippen molar-refractivity contribution in [2.45, 2.75) is 21.9 Å². The van der Waals surface area contributed by atoms with Crippen molar-refractivity contribution < 1.29 is 21.6 Å². The third-order valence-electron chi connectivity index (χ3n) is 2.75. The Labute approximate surface area is 115 Å². The number of fused-ring (bicyclic) bond motifs is 1. The van der Waals surface area contributed by atoms with Gasteiger partial charge in [-0.2, -0.15) is 0 Å². The molecule has 0 unspecified atom stereocenters. The van der Waals surface area contributed by atoms with Crippen LogP contribution in [0.5, 0.6) is 0 Å². The van der Waals surface area contributed by atoms with E-state index in [1.54, 1.807) is 0 Å². The minimum Gasteiger partial charge on any atom is -0.338 e. The zero-order chi connectivity index (χ0) is 14.4. The maximum Gasteiger partial charge on any atom is 0.247 e. The Morgan fingerprint density at radius 3 is 2.63 bits per heavy atom. The molecule has 10 heteroatoms.